The molecule has 1 aromatic rings. The van der Waals surface area contributed by atoms with Crippen LogP contribution >= 0.6 is 15.9 Å². The van der Waals surface area contributed by atoms with E-state index in [0.29, 0.717) is 13.0 Å². The van der Waals surface area contributed by atoms with Gasteiger partial charge in [-0.3, -0.25) is 0 Å². The zero-order valence-corrected chi connectivity index (χ0v) is 11.2. The minimum absolute atomic E-state index is 0.386. The van der Waals surface area contributed by atoms with Crippen molar-refractivity contribution in [2.45, 2.75) is 18.9 Å². The summed E-state index contributed by atoms with van der Waals surface area (Å²) < 4.78 is 11.0. The lowest BCUT2D eigenvalue weighted by Crippen LogP contribution is -2.14. The highest BCUT2D eigenvalue weighted by Gasteiger charge is 2.05. The van der Waals surface area contributed by atoms with Crippen molar-refractivity contribution in [1.29, 1.82) is 0 Å². The van der Waals surface area contributed by atoms with Gasteiger partial charge >= 0.3 is 0 Å². The molecule has 1 unspecified atom stereocenters. The van der Waals surface area contributed by atoms with Crippen LogP contribution in [0.1, 0.15) is 12.0 Å². The molecule has 90 valence electrons. The number of hydrogen-bond acceptors (Lipinski definition) is 3. The fourth-order valence-electron chi connectivity index (χ4n) is 1.47. The molecule has 1 N–H and O–H groups in total. The molecule has 4 heteroatoms. The lowest BCUT2D eigenvalue weighted by molar-refractivity contribution is 0.0595. The molecule has 3 nitrogen and oxygen atoms in total. The third-order valence-electron chi connectivity index (χ3n) is 2.34. The fraction of sp³-hybridized carbons (Fsp3) is 0.500. The van der Waals surface area contributed by atoms with Gasteiger partial charge in [0.05, 0.1) is 24.3 Å². The Kier molecular flexibility index (Phi) is 5.80. The topological polar surface area (TPSA) is 38.7 Å². The average molecular weight is 289 g/mol. The van der Waals surface area contributed by atoms with Crippen molar-refractivity contribution < 1.29 is 14.6 Å². The molecular weight excluding hydrogens is 272 g/mol. The zero-order valence-electron chi connectivity index (χ0n) is 9.57. The van der Waals surface area contributed by atoms with Crippen LogP contribution in [-0.2, 0) is 11.2 Å². The van der Waals surface area contributed by atoms with Crippen LogP contribution in [0.3, 0.4) is 0 Å². The van der Waals surface area contributed by atoms with E-state index in [9.17, 15) is 5.11 Å². The third-order valence-corrected chi connectivity index (χ3v) is 2.96. The van der Waals surface area contributed by atoms with Gasteiger partial charge in [-0.1, -0.05) is 6.07 Å². The molecule has 0 radical (unpaired) electrons. The number of rotatable bonds is 6. The molecule has 1 atom stereocenters. The maximum atomic E-state index is 9.52. The van der Waals surface area contributed by atoms with Crippen LogP contribution < -0.4 is 4.74 Å². The van der Waals surface area contributed by atoms with Crippen molar-refractivity contribution in [1.82, 2.24) is 0 Å². The van der Waals surface area contributed by atoms with Crippen LogP contribution in [0.4, 0.5) is 0 Å². The smallest absolute Gasteiger partial charge is 0.133 e. The molecule has 0 saturated carbocycles. The summed E-state index contributed by atoms with van der Waals surface area (Å²) in [6.07, 6.45) is 1.13. The Morgan fingerprint density at radius 3 is 2.69 bits per heavy atom. The van der Waals surface area contributed by atoms with E-state index in [1.165, 1.54) is 5.56 Å². The Balaban J connectivity index is 2.51. The number of hydrogen-bond donors (Lipinski definition) is 1. The van der Waals surface area contributed by atoms with E-state index in [4.69, 9.17) is 9.47 Å². The van der Waals surface area contributed by atoms with E-state index in [1.54, 1.807) is 14.2 Å². The van der Waals surface area contributed by atoms with Crippen molar-refractivity contribution in [3.05, 3.63) is 28.2 Å². The second-order valence-electron chi connectivity index (χ2n) is 3.62. The summed E-state index contributed by atoms with van der Waals surface area (Å²) in [7, 11) is 3.23. The van der Waals surface area contributed by atoms with Crippen LogP contribution in [0.2, 0.25) is 0 Å². The van der Waals surface area contributed by atoms with Gasteiger partial charge < -0.3 is 14.6 Å². The standard InChI is InChI=1S/C12H17BrO3/c1-15-8-10(14)5-3-9-4-6-12(16-2)11(13)7-9/h4,6-7,10,14H,3,5,8H2,1-2H3. The first-order valence-corrected chi connectivity index (χ1v) is 5.96. The predicted octanol–water partition coefficient (Wildman–Crippen LogP) is 2.40. The third kappa shape index (κ3) is 4.12. The summed E-state index contributed by atoms with van der Waals surface area (Å²) in [5, 5.41) is 9.52. The molecule has 0 heterocycles. The number of aliphatic hydroxyl groups excluding tert-OH is 1. The van der Waals surface area contributed by atoms with Crippen molar-refractivity contribution in [3.8, 4) is 5.75 Å². The summed E-state index contributed by atoms with van der Waals surface area (Å²) >= 11 is 3.43. The Hall–Kier alpha value is -0.580. The molecule has 0 aliphatic carbocycles. The molecular formula is C12H17BrO3. The zero-order chi connectivity index (χ0) is 12.0. The second kappa shape index (κ2) is 6.89. The maximum absolute atomic E-state index is 9.52. The number of methoxy groups -OCH3 is 2. The SMILES string of the molecule is COCC(O)CCc1ccc(OC)c(Br)c1. The first-order valence-electron chi connectivity index (χ1n) is 5.16. The van der Waals surface area contributed by atoms with E-state index in [0.717, 1.165) is 16.6 Å². The van der Waals surface area contributed by atoms with Gasteiger partial charge in [0.25, 0.3) is 0 Å². The van der Waals surface area contributed by atoms with Gasteiger partial charge in [-0.2, -0.15) is 0 Å². The minimum Gasteiger partial charge on any atom is -0.496 e. The molecule has 1 aromatic carbocycles. The fourth-order valence-corrected chi connectivity index (χ4v) is 2.06. The Bertz CT molecular complexity index is 328. The number of aryl methyl sites for hydroxylation is 1. The Morgan fingerprint density at radius 2 is 2.12 bits per heavy atom. The molecule has 0 aliphatic heterocycles. The van der Waals surface area contributed by atoms with Gasteiger partial charge in [-0.25, -0.2) is 0 Å². The summed E-state index contributed by atoms with van der Waals surface area (Å²) in [4.78, 5) is 0. The summed E-state index contributed by atoms with van der Waals surface area (Å²) in [6.45, 7) is 0.386. The summed E-state index contributed by atoms with van der Waals surface area (Å²) in [5.41, 5.74) is 1.17. The molecule has 0 bridgehead atoms. The molecule has 0 aromatic heterocycles. The highest BCUT2D eigenvalue weighted by Crippen LogP contribution is 2.26. The summed E-state index contributed by atoms with van der Waals surface area (Å²) in [5.74, 6) is 0.821. The highest BCUT2D eigenvalue weighted by molar-refractivity contribution is 9.10. The first kappa shape index (κ1) is 13.5. The van der Waals surface area contributed by atoms with Crippen LogP contribution in [0.5, 0.6) is 5.75 Å². The molecule has 0 aliphatic rings. The van der Waals surface area contributed by atoms with Gasteiger partial charge in [0, 0.05) is 7.11 Å². The van der Waals surface area contributed by atoms with Gasteiger partial charge in [0.1, 0.15) is 5.75 Å². The number of aliphatic hydroxyl groups is 1. The van der Waals surface area contributed by atoms with Crippen LogP contribution in [0.15, 0.2) is 22.7 Å². The number of benzene rings is 1. The quantitative estimate of drug-likeness (QED) is 0.874. The van der Waals surface area contributed by atoms with Crippen molar-refractivity contribution in [2.75, 3.05) is 20.8 Å². The van der Waals surface area contributed by atoms with Gasteiger partial charge in [0.2, 0.25) is 0 Å². The van der Waals surface area contributed by atoms with Crippen molar-refractivity contribution >= 4 is 15.9 Å². The van der Waals surface area contributed by atoms with E-state index in [-0.39, 0.29) is 0 Å². The van der Waals surface area contributed by atoms with Crippen LogP contribution in [0.25, 0.3) is 0 Å². The molecule has 0 spiro atoms. The highest BCUT2D eigenvalue weighted by atomic mass is 79.9. The molecule has 0 fully saturated rings. The lowest BCUT2D eigenvalue weighted by Gasteiger charge is -2.10. The van der Waals surface area contributed by atoms with Crippen LogP contribution in [0, 0.1) is 0 Å². The van der Waals surface area contributed by atoms with E-state index in [2.05, 4.69) is 15.9 Å². The van der Waals surface area contributed by atoms with E-state index in [1.807, 2.05) is 18.2 Å². The first-order chi connectivity index (χ1) is 7.67. The summed E-state index contributed by atoms with van der Waals surface area (Å²) in [6, 6.07) is 5.93. The molecule has 0 amide bonds. The largest absolute Gasteiger partial charge is 0.496 e. The van der Waals surface area contributed by atoms with E-state index < -0.39 is 6.10 Å². The monoisotopic (exact) mass is 288 g/mol. The molecule has 16 heavy (non-hydrogen) atoms. The maximum Gasteiger partial charge on any atom is 0.133 e. The van der Waals surface area contributed by atoms with Crippen molar-refractivity contribution in [2.24, 2.45) is 0 Å². The molecule has 1 rings (SSSR count). The normalized spacial score (nSPS) is 12.5. The van der Waals surface area contributed by atoms with Crippen LogP contribution in [-0.4, -0.2) is 32.0 Å². The number of halogens is 1. The van der Waals surface area contributed by atoms with Crippen molar-refractivity contribution in [3.63, 3.8) is 0 Å². The van der Waals surface area contributed by atoms with Gasteiger partial charge in [-0.15, -0.1) is 0 Å². The lowest BCUT2D eigenvalue weighted by atomic mass is 10.1. The average Bonchev–Trinajstić information content (AvgIpc) is 2.27. The minimum atomic E-state index is -0.397. The van der Waals surface area contributed by atoms with E-state index >= 15 is 0 Å². The molecule has 0 saturated heterocycles. The van der Waals surface area contributed by atoms with Gasteiger partial charge in [0.15, 0.2) is 0 Å². The number of ether oxygens (including phenoxy) is 2. The predicted molar refractivity (Wildman–Crippen MR) is 66.9 cm³/mol. The Morgan fingerprint density at radius 1 is 1.38 bits per heavy atom. The second-order valence-corrected chi connectivity index (χ2v) is 4.47. The Labute approximate surface area is 105 Å². The van der Waals surface area contributed by atoms with Gasteiger partial charge in [-0.05, 0) is 46.5 Å².